The Morgan fingerprint density at radius 3 is 2.86 bits per heavy atom. The van der Waals surface area contributed by atoms with Gasteiger partial charge >= 0.3 is 0 Å². The second-order valence-corrected chi connectivity index (χ2v) is 3.62. The number of amides is 2. The molecule has 2 unspecified atom stereocenters. The number of aliphatic hydroxyl groups is 1. The van der Waals surface area contributed by atoms with Gasteiger partial charge in [0.15, 0.2) is 0 Å². The number of aliphatic hydroxyl groups excluding tert-OH is 1. The number of piperazine rings is 1. The Balaban J connectivity index is 2.54. The maximum absolute atomic E-state index is 11.4. The lowest BCUT2D eigenvalue weighted by Gasteiger charge is -2.32. The third-order valence-corrected chi connectivity index (χ3v) is 2.37. The number of nitrogens with one attached hydrogen (secondary N) is 1. The Kier molecular flexibility index (Phi) is 3.46. The fraction of sp³-hybridized carbons (Fsp3) is 0.778. The number of carbonyl (C=O) groups is 2. The van der Waals surface area contributed by atoms with Crippen LogP contribution in [-0.2, 0) is 9.59 Å². The highest BCUT2D eigenvalue weighted by Gasteiger charge is 2.30. The third kappa shape index (κ3) is 2.45. The van der Waals surface area contributed by atoms with Crippen molar-refractivity contribution in [2.45, 2.75) is 32.4 Å². The Morgan fingerprint density at radius 2 is 2.29 bits per heavy atom. The molecule has 14 heavy (non-hydrogen) atoms. The number of hydrogen-bond donors (Lipinski definition) is 2. The van der Waals surface area contributed by atoms with E-state index in [-0.39, 0.29) is 18.4 Å². The molecule has 5 heteroatoms. The molecule has 2 N–H and O–H groups in total. The van der Waals surface area contributed by atoms with Crippen molar-refractivity contribution in [1.82, 2.24) is 10.2 Å². The predicted molar refractivity (Wildman–Crippen MR) is 50.5 cm³/mol. The van der Waals surface area contributed by atoms with Crippen LogP contribution in [-0.4, -0.2) is 47.1 Å². The van der Waals surface area contributed by atoms with E-state index in [1.54, 1.807) is 13.8 Å². The van der Waals surface area contributed by atoms with E-state index in [0.717, 1.165) is 0 Å². The molecule has 0 aromatic rings. The summed E-state index contributed by atoms with van der Waals surface area (Å²) in [5.41, 5.74) is 0. The van der Waals surface area contributed by atoms with Crippen LogP contribution in [0.15, 0.2) is 0 Å². The van der Waals surface area contributed by atoms with Gasteiger partial charge in [-0.3, -0.25) is 9.59 Å². The fourth-order valence-corrected chi connectivity index (χ4v) is 1.41. The zero-order valence-electron chi connectivity index (χ0n) is 8.49. The van der Waals surface area contributed by atoms with Crippen LogP contribution in [0, 0.1) is 0 Å². The molecule has 1 aliphatic rings. The molecule has 0 spiro atoms. The highest BCUT2D eigenvalue weighted by molar-refractivity contribution is 5.94. The van der Waals surface area contributed by atoms with Gasteiger partial charge in [0, 0.05) is 6.54 Å². The van der Waals surface area contributed by atoms with Gasteiger partial charge in [0.05, 0.1) is 12.6 Å². The van der Waals surface area contributed by atoms with Crippen LogP contribution < -0.4 is 5.32 Å². The van der Waals surface area contributed by atoms with Crippen LogP contribution in [0.4, 0.5) is 0 Å². The average Bonchev–Trinajstić information content (AvgIpc) is 2.11. The SMILES string of the molecule is CC(O)CCN1C(=O)CNC(=O)C1C. The van der Waals surface area contributed by atoms with Crippen LogP contribution in [0.25, 0.3) is 0 Å². The smallest absolute Gasteiger partial charge is 0.242 e. The summed E-state index contributed by atoms with van der Waals surface area (Å²) >= 11 is 0. The lowest BCUT2D eigenvalue weighted by molar-refractivity contribution is -0.145. The molecule has 0 aromatic carbocycles. The van der Waals surface area contributed by atoms with Gasteiger partial charge in [0.1, 0.15) is 6.04 Å². The summed E-state index contributed by atoms with van der Waals surface area (Å²) in [6.07, 6.45) is 0.0589. The summed E-state index contributed by atoms with van der Waals surface area (Å²) < 4.78 is 0. The van der Waals surface area contributed by atoms with Crippen molar-refractivity contribution < 1.29 is 14.7 Å². The summed E-state index contributed by atoms with van der Waals surface area (Å²) in [4.78, 5) is 24.1. The highest BCUT2D eigenvalue weighted by atomic mass is 16.3. The van der Waals surface area contributed by atoms with E-state index in [1.165, 1.54) is 4.90 Å². The van der Waals surface area contributed by atoms with E-state index in [9.17, 15) is 9.59 Å². The van der Waals surface area contributed by atoms with Gasteiger partial charge < -0.3 is 15.3 Å². The molecule has 5 nitrogen and oxygen atoms in total. The number of carbonyl (C=O) groups excluding carboxylic acids is 2. The fourth-order valence-electron chi connectivity index (χ4n) is 1.41. The van der Waals surface area contributed by atoms with Crippen molar-refractivity contribution in [1.29, 1.82) is 0 Å². The Labute approximate surface area is 83.1 Å². The van der Waals surface area contributed by atoms with E-state index >= 15 is 0 Å². The number of nitrogens with zero attached hydrogens (tertiary/aromatic N) is 1. The summed E-state index contributed by atoms with van der Waals surface area (Å²) in [7, 11) is 0. The molecule has 0 aliphatic carbocycles. The molecule has 0 aromatic heterocycles. The van der Waals surface area contributed by atoms with Gasteiger partial charge in [-0.05, 0) is 20.3 Å². The zero-order valence-corrected chi connectivity index (χ0v) is 8.49. The highest BCUT2D eigenvalue weighted by Crippen LogP contribution is 2.06. The zero-order chi connectivity index (χ0) is 10.7. The standard InChI is InChI=1S/C9H16N2O3/c1-6(12)3-4-11-7(2)9(14)10-5-8(11)13/h6-7,12H,3-5H2,1-2H3,(H,10,14). The minimum Gasteiger partial charge on any atom is -0.393 e. The average molecular weight is 200 g/mol. The van der Waals surface area contributed by atoms with E-state index < -0.39 is 12.1 Å². The first-order chi connectivity index (χ1) is 6.52. The van der Waals surface area contributed by atoms with E-state index in [1.807, 2.05) is 0 Å². The molecule has 1 heterocycles. The maximum atomic E-state index is 11.4. The summed E-state index contributed by atoms with van der Waals surface area (Å²) in [6.45, 7) is 3.86. The number of hydrogen-bond acceptors (Lipinski definition) is 3. The molecule has 2 amide bonds. The van der Waals surface area contributed by atoms with Crippen LogP contribution in [0.2, 0.25) is 0 Å². The van der Waals surface area contributed by atoms with Crippen molar-refractivity contribution in [2.75, 3.05) is 13.1 Å². The minimum atomic E-state index is -0.444. The van der Waals surface area contributed by atoms with E-state index in [2.05, 4.69) is 5.32 Å². The molecular weight excluding hydrogens is 184 g/mol. The topological polar surface area (TPSA) is 69.6 Å². The molecule has 0 bridgehead atoms. The largest absolute Gasteiger partial charge is 0.393 e. The third-order valence-electron chi connectivity index (χ3n) is 2.37. The van der Waals surface area contributed by atoms with Crippen molar-refractivity contribution in [2.24, 2.45) is 0 Å². The van der Waals surface area contributed by atoms with Crippen molar-refractivity contribution in [3.05, 3.63) is 0 Å². The Morgan fingerprint density at radius 1 is 1.64 bits per heavy atom. The molecule has 0 saturated carbocycles. The molecule has 1 saturated heterocycles. The molecule has 2 atom stereocenters. The van der Waals surface area contributed by atoms with Gasteiger partial charge in [-0.1, -0.05) is 0 Å². The predicted octanol–water partition coefficient (Wildman–Crippen LogP) is -0.896. The van der Waals surface area contributed by atoms with Gasteiger partial charge in [-0.2, -0.15) is 0 Å². The molecule has 0 radical (unpaired) electrons. The van der Waals surface area contributed by atoms with Crippen LogP contribution in [0.3, 0.4) is 0 Å². The van der Waals surface area contributed by atoms with Crippen molar-refractivity contribution in [3.8, 4) is 0 Å². The second kappa shape index (κ2) is 4.41. The second-order valence-electron chi connectivity index (χ2n) is 3.62. The molecule has 80 valence electrons. The summed E-state index contributed by atoms with van der Waals surface area (Å²) in [5.74, 6) is -0.215. The molecular formula is C9H16N2O3. The number of rotatable bonds is 3. The quantitative estimate of drug-likeness (QED) is 0.620. The van der Waals surface area contributed by atoms with Crippen LogP contribution in [0.5, 0.6) is 0 Å². The summed E-state index contributed by atoms with van der Waals surface area (Å²) in [5, 5.41) is 11.6. The minimum absolute atomic E-state index is 0.0724. The maximum Gasteiger partial charge on any atom is 0.242 e. The van der Waals surface area contributed by atoms with Crippen LogP contribution >= 0.6 is 0 Å². The lowest BCUT2D eigenvalue weighted by atomic mass is 10.1. The first-order valence-electron chi connectivity index (χ1n) is 4.77. The first kappa shape index (κ1) is 11.0. The monoisotopic (exact) mass is 200 g/mol. The normalized spacial score (nSPS) is 24.8. The van der Waals surface area contributed by atoms with Gasteiger partial charge in [0.25, 0.3) is 0 Å². The van der Waals surface area contributed by atoms with E-state index in [4.69, 9.17) is 5.11 Å². The molecule has 1 aliphatic heterocycles. The molecule has 1 rings (SSSR count). The molecule has 1 fully saturated rings. The van der Waals surface area contributed by atoms with Gasteiger partial charge in [-0.25, -0.2) is 0 Å². The van der Waals surface area contributed by atoms with Crippen molar-refractivity contribution in [3.63, 3.8) is 0 Å². The van der Waals surface area contributed by atoms with Crippen molar-refractivity contribution >= 4 is 11.8 Å². The Hall–Kier alpha value is -1.10. The van der Waals surface area contributed by atoms with Crippen LogP contribution in [0.1, 0.15) is 20.3 Å². The first-order valence-corrected chi connectivity index (χ1v) is 4.77. The summed E-state index contributed by atoms with van der Waals surface area (Å²) in [6, 6.07) is -0.421. The lowest BCUT2D eigenvalue weighted by Crippen LogP contribution is -2.57. The Bertz CT molecular complexity index is 240. The van der Waals surface area contributed by atoms with Gasteiger partial charge in [0.2, 0.25) is 11.8 Å². The van der Waals surface area contributed by atoms with E-state index in [0.29, 0.717) is 13.0 Å². The van der Waals surface area contributed by atoms with Gasteiger partial charge in [-0.15, -0.1) is 0 Å².